The van der Waals surface area contributed by atoms with Crippen molar-refractivity contribution in [2.75, 3.05) is 6.54 Å². The van der Waals surface area contributed by atoms with E-state index in [0.29, 0.717) is 0 Å². The summed E-state index contributed by atoms with van der Waals surface area (Å²) in [6.45, 7) is 5.64. The van der Waals surface area contributed by atoms with Crippen LogP contribution in [0.3, 0.4) is 0 Å². The van der Waals surface area contributed by atoms with Crippen molar-refractivity contribution >= 4 is 0 Å². The van der Waals surface area contributed by atoms with E-state index in [1.807, 2.05) is 0 Å². The Bertz CT molecular complexity index is 372. The lowest BCUT2D eigenvalue weighted by Crippen LogP contribution is -2.31. The smallest absolute Gasteiger partial charge is 0.00698 e. The van der Waals surface area contributed by atoms with Crippen molar-refractivity contribution in [2.24, 2.45) is 5.92 Å². The van der Waals surface area contributed by atoms with Gasteiger partial charge in [0.25, 0.3) is 0 Å². The molecule has 0 bridgehead atoms. The van der Waals surface area contributed by atoms with Crippen LogP contribution in [-0.4, -0.2) is 12.6 Å². The minimum absolute atomic E-state index is 0.761. The van der Waals surface area contributed by atoms with Gasteiger partial charge in [0.15, 0.2) is 0 Å². The average Bonchev–Trinajstić information content (AvgIpc) is 2.62. The van der Waals surface area contributed by atoms with Crippen molar-refractivity contribution in [3.8, 4) is 0 Å². The molecule has 0 heterocycles. The zero-order valence-corrected chi connectivity index (χ0v) is 12.6. The molecule has 106 valence electrons. The summed E-state index contributed by atoms with van der Waals surface area (Å²) in [5.41, 5.74) is 2.92. The predicted molar refractivity (Wildman–Crippen MR) is 83.5 cm³/mol. The zero-order chi connectivity index (χ0) is 13.5. The van der Waals surface area contributed by atoms with Crippen molar-refractivity contribution in [1.82, 2.24) is 5.32 Å². The van der Waals surface area contributed by atoms with Gasteiger partial charge in [0.1, 0.15) is 0 Å². The Morgan fingerprint density at radius 2 is 2.05 bits per heavy atom. The monoisotopic (exact) mass is 259 g/mol. The number of hydrogen-bond acceptors (Lipinski definition) is 1. The van der Waals surface area contributed by atoms with E-state index in [4.69, 9.17) is 0 Å². The Balaban J connectivity index is 1.90. The van der Waals surface area contributed by atoms with Crippen LogP contribution in [0.1, 0.15) is 56.6 Å². The SMILES string of the molecule is CCCNC1CCCCC(Cc2cccc(C)c2)C1. The third-order valence-corrected chi connectivity index (χ3v) is 4.32. The van der Waals surface area contributed by atoms with E-state index in [-0.39, 0.29) is 0 Å². The maximum Gasteiger partial charge on any atom is 0.00698 e. The largest absolute Gasteiger partial charge is 0.314 e. The summed E-state index contributed by atoms with van der Waals surface area (Å²) in [4.78, 5) is 0. The quantitative estimate of drug-likeness (QED) is 0.768. The third-order valence-electron chi connectivity index (χ3n) is 4.32. The summed E-state index contributed by atoms with van der Waals surface area (Å²) in [5, 5.41) is 3.74. The molecular weight excluding hydrogens is 230 g/mol. The maximum absolute atomic E-state index is 3.74. The molecule has 1 fully saturated rings. The van der Waals surface area contributed by atoms with E-state index in [9.17, 15) is 0 Å². The van der Waals surface area contributed by atoms with Gasteiger partial charge >= 0.3 is 0 Å². The second-order valence-electron chi connectivity index (χ2n) is 6.23. The Kier molecular flexibility index (Phi) is 5.91. The van der Waals surface area contributed by atoms with Gasteiger partial charge in [0, 0.05) is 6.04 Å². The third kappa shape index (κ3) is 4.99. The van der Waals surface area contributed by atoms with Crippen LogP contribution in [-0.2, 0) is 6.42 Å². The second kappa shape index (κ2) is 7.69. The average molecular weight is 259 g/mol. The highest BCUT2D eigenvalue weighted by atomic mass is 14.9. The molecule has 0 radical (unpaired) electrons. The minimum atomic E-state index is 0.761. The molecule has 2 atom stereocenters. The summed E-state index contributed by atoms with van der Waals surface area (Å²) in [6.07, 6.45) is 9.51. The second-order valence-corrected chi connectivity index (χ2v) is 6.23. The van der Waals surface area contributed by atoms with E-state index in [2.05, 4.69) is 43.4 Å². The minimum Gasteiger partial charge on any atom is -0.314 e. The van der Waals surface area contributed by atoms with Gasteiger partial charge < -0.3 is 5.32 Å². The lowest BCUT2D eigenvalue weighted by molar-refractivity contribution is 0.384. The summed E-state index contributed by atoms with van der Waals surface area (Å²) < 4.78 is 0. The lowest BCUT2D eigenvalue weighted by Gasteiger charge is -2.21. The molecule has 0 amide bonds. The van der Waals surface area contributed by atoms with Gasteiger partial charge in [0.2, 0.25) is 0 Å². The molecule has 1 aromatic carbocycles. The number of aryl methyl sites for hydroxylation is 1. The number of nitrogens with one attached hydrogen (secondary N) is 1. The fourth-order valence-electron chi connectivity index (χ4n) is 3.35. The van der Waals surface area contributed by atoms with Crippen LogP contribution in [0.5, 0.6) is 0 Å². The molecule has 0 aliphatic heterocycles. The molecule has 2 unspecified atom stereocenters. The molecule has 1 aromatic rings. The van der Waals surface area contributed by atoms with Crippen LogP contribution in [0.25, 0.3) is 0 Å². The van der Waals surface area contributed by atoms with Gasteiger partial charge in [-0.1, -0.05) is 56.0 Å². The Labute approximate surface area is 118 Å². The maximum atomic E-state index is 3.74. The number of rotatable bonds is 5. The fourth-order valence-corrected chi connectivity index (χ4v) is 3.35. The topological polar surface area (TPSA) is 12.0 Å². The van der Waals surface area contributed by atoms with Crippen molar-refractivity contribution in [2.45, 2.75) is 64.8 Å². The lowest BCUT2D eigenvalue weighted by atomic mass is 9.90. The van der Waals surface area contributed by atoms with Gasteiger partial charge in [0.05, 0.1) is 0 Å². The highest BCUT2D eigenvalue weighted by Gasteiger charge is 2.19. The molecule has 1 N–H and O–H groups in total. The van der Waals surface area contributed by atoms with E-state index in [0.717, 1.165) is 12.0 Å². The summed E-state index contributed by atoms with van der Waals surface area (Å²) in [7, 11) is 0. The summed E-state index contributed by atoms with van der Waals surface area (Å²) in [5.74, 6) is 0.874. The highest BCUT2D eigenvalue weighted by Crippen LogP contribution is 2.26. The molecule has 2 rings (SSSR count). The van der Waals surface area contributed by atoms with Crippen molar-refractivity contribution in [3.05, 3.63) is 35.4 Å². The van der Waals surface area contributed by atoms with E-state index < -0.39 is 0 Å². The molecule has 1 saturated carbocycles. The predicted octanol–water partition coefficient (Wildman–Crippen LogP) is 4.49. The first-order valence-electron chi connectivity index (χ1n) is 8.07. The molecule has 1 aliphatic rings. The molecule has 0 spiro atoms. The van der Waals surface area contributed by atoms with Crippen LogP contribution in [0.15, 0.2) is 24.3 Å². The van der Waals surface area contributed by atoms with Gasteiger partial charge in [-0.15, -0.1) is 0 Å². The van der Waals surface area contributed by atoms with Crippen molar-refractivity contribution < 1.29 is 0 Å². The van der Waals surface area contributed by atoms with Crippen molar-refractivity contribution in [1.29, 1.82) is 0 Å². The number of benzene rings is 1. The van der Waals surface area contributed by atoms with Gasteiger partial charge in [-0.2, -0.15) is 0 Å². The van der Waals surface area contributed by atoms with Crippen molar-refractivity contribution in [3.63, 3.8) is 0 Å². The molecule has 0 saturated heterocycles. The first-order chi connectivity index (χ1) is 9.28. The van der Waals surface area contributed by atoms with Crippen LogP contribution in [0, 0.1) is 12.8 Å². The first-order valence-corrected chi connectivity index (χ1v) is 8.07. The van der Waals surface area contributed by atoms with Gasteiger partial charge in [-0.25, -0.2) is 0 Å². The van der Waals surface area contributed by atoms with E-state index in [1.165, 1.54) is 62.6 Å². The first kappa shape index (κ1) is 14.6. The van der Waals surface area contributed by atoms with Crippen LogP contribution in [0.2, 0.25) is 0 Å². The Hall–Kier alpha value is -0.820. The van der Waals surface area contributed by atoms with E-state index in [1.54, 1.807) is 0 Å². The molecule has 19 heavy (non-hydrogen) atoms. The fraction of sp³-hybridized carbons (Fsp3) is 0.667. The summed E-state index contributed by atoms with van der Waals surface area (Å²) >= 11 is 0. The molecule has 1 nitrogen and oxygen atoms in total. The van der Waals surface area contributed by atoms with Crippen LogP contribution < -0.4 is 5.32 Å². The summed E-state index contributed by atoms with van der Waals surface area (Å²) in [6, 6.07) is 9.82. The normalized spacial score (nSPS) is 24.1. The Morgan fingerprint density at radius 1 is 1.21 bits per heavy atom. The zero-order valence-electron chi connectivity index (χ0n) is 12.6. The standard InChI is InChI=1S/C18H29N/c1-3-11-19-18-10-5-4-8-17(14-18)13-16-9-6-7-15(2)12-16/h6-7,9,12,17-19H,3-5,8,10-11,13-14H2,1-2H3. The number of hydrogen-bond donors (Lipinski definition) is 1. The van der Waals surface area contributed by atoms with E-state index >= 15 is 0 Å². The highest BCUT2D eigenvalue weighted by molar-refractivity contribution is 5.22. The molecule has 1 aliphatic carbocycles. The van der Waals surface area contributed by atoms with Crippen LogP contribution in [0.4, 0.5) is 0 Å². The molecule has 0 aromatic heterocycles. The molecular formula is C18H29N. The van der Waals surface area contributed by atoms with Gasteiger partial charge in [-0.3, -0.25) is 0 Å². The molecule has 1 heteroatoms. The Morgan fingerprint density at radius 3 is 2.84 bits per heavy atom. The van der Waals surface area contributed by atoms with Gasteiger partial charge in [-0.05, 0) is 50.6 Å². The van der Waals surface area contributed by atoms with Crippen LogP contribution >= 0.6 is 0 Å².